The maximum absolute atomic E-state index is 12.2. The van der Waals surface area contributed by atoms with Crippen molar-refractivity contribution in [1.82, 2.24) is 5.32 Å². The van der Waals surface area contributed by atoms with Crippen molar-refractivity contribution in [2.75, 3.05) is 23.1 Å². The lowest BCUT2D eigenvalue weighted by Crippen LogP contribution is -2.38. The Balaban J connectivity index is 2.43. The molecule has 0 bridgehead atoms. The first-order chi connectivity index (χ1) is 8.00. The fourth-order valence-corrected chi connectivity index (χ4v) is 3.61. The van der Waals surface area contributed by atoms with Gasteiger partial charge in [-0.25, -0.2) is 8.42 Å². The maximum atomic E-state index is 12.2. The number of hydrogen-bond acceptors (Lipinski definition) is 3. The van der Waals surface area contributed by atoms with E-state index in [1.807, 2.05) is 38.1 Å². The zero-order chi connectivity index (χ0) is 12.5. The number of aryl methyl sites for hydroxylation is 1. The topological polar surface area (TPSA) is 49.4 Å². The summed E-state index contributed by atoms with van der Waals surface area (Å²) in [4.78, 5) is 0. The molecule has 1 saturated heterocycles. The molecule has 0 amide bonds. The van der Waals surface area contributed by atoms with Gasteiger partial charge in [0, 0.05) is 19.1 Å². The Morgan fingerprint density at radius 1 is 1.35 bits per heavy atom. The van der Waals surface area contributed by atoms with E-state index in [9.17, 15) is 8.42 Å². The molecule has 17 heavy (non-hydrogen) atoms. The summed E-state index contributed by atoms with van der Waals surface area (Å²) in [5.74, 6) is 0.158. The van der Waals surface area contributed by atoms with Crippen molar-refractivity contribution in [2.24, 2.45) is 0 Å². The minimum atomic E-state index is -3.20. The van der Waals surface area contributed by atoms with Crippen LogP contribution in [-0.2, 0) is 10.0 Å². The second kappa shape index (κ2) is 4.66. The van der Waals surface area contributed by atoms with Gasteiger partial charge in [0.15, 0.2) is 0 Å². The van der Waals surface area contributed by atoms with Gasteiger partial charge in [0.25, 0.3) is 0 Å². The number of hydrogen-bond donors (Lipinski definition) is 1. The molecule has 5 heteroatoms. The molecule has 1 aliphatic rings. The summed E-state index contributed by atoms with van der Waals surface area (Å²) in [5.41, 5.74) is 1.79. The van der Waals surface area contributed by atoms with Crippen molar-refractivity contribution < 1.29 is 8.42 Å². The van der Waals surface area contributed by atoms with E-state index < -0.39 is 10.0 Å². The molecule has 2 rings (SSSR count). The van der Waals surface area contributed by atoms with Crippen LogP contribution in [0.15, 0.2) is 24.3 Å². The number of nitrogens with one attached hydrogen (secondary N) is 1. The quantitative estimate of drug-likeness (QED) is 0.817. The van der Waals surface area contributed by atoms with Crippen LogP contribution in [0.25, 0.3) is 0 Å². The van der Waals surface area contributed by atoms with Crippen molar-refractivity contribution in [3.05, 3.63) is 29.8 Å². The van der Waals surface area contributed by atoms with Gasteiger partial charge >= 0.3 is 0 Å². The number of anilines is 1. The Bertz CT molecular complexity index is 499. The standard InChI is InChI=1S/C12H18N2O2S/c1-10-5-3-4-6-12(10)14-9-11(2)13-7-8-17(14,15)16/h3-6,11,13H,7-9H2,1-2H3. The largest absolute Gasteiger partial charge is 0.311 e. The van der Waals surface area contributed by atoms with Crippen LogP contribution in [0.2, 0.25) is 0 Å². The molecule has 1 unspecified atom stereocenters. The molecule has 0 spiro atoms. The van der Waals surface area contributed by atoms with Crippen LogP contribution < -0.4 is 9.62 Å². The molecule has 1 fully saturated rings. The van der Waals surface area contributed by atoms with E-state index in [0.717, 1.165) is 11.3 Å². The zero-order valence-electron chi connectivity index (χ0n) is 10.2. The molecule has 4 nitrogen and oxygen atoms in total. The Hall–Kier alpha value is -1.07. The van der Waals surface area contributed by atoms with E-state index in [2.05, 4.69) is 5.32 Å². The smallest absolute Gasteiger partial charge is 0.236 e. The monoisotopic (exact) mass is 254 g/mol. The minimum absolute atomic E-state index is 0.158. The van der Waals surface area contributed by atoms with Crippen molar-refractivity contribution in [3.63, 3.8) is 0 Å². The minimum Gasteiger partial charge on any atom is -0.311 e. The Morgan fingerprint density at radius 3 is 2.76 bits per heavy atom. The molecule has 1 aliphatic heterocycles. The van der Waals surface area contributed by atoms with Crippen molar-refractivity contribution in [2.45, 2.75) is 19.9 Å². The number of sulfonamides is 1. The molecule has 0 radical (unpaired) electrons. The van der Waals surface area contributed by atoms with Gasteiger partial charge in [-0.15, -0.1) is 0 Å². The maximum Gasteiger partial charge on any atom is 0.236 e. The number of nitrogens with zero attached hydrogens (tertiary/aromatic N) is 1. The number of rotatable bonds is 1. The van der Waals surface area contributed by atoms with E-state index in [1.54, 1.807) is 0 Å². The predicted octanol–water partition coefficient (Wildman–Crippen LogP) is 1.12. The van der Waals surface area contributed by atoms with Crippen LogP contribution in [0.4, 0.5) is 5.69 Å². The van der Waals surface area contributed by atoms with Crippen LogP contribution in [0.3, 0.4) is 0 Å². The first kappa shape index (κ1) is 12.4. The second-order valence-corrected chi connectivity index (χ2v) is 6.50. The highest BCUT2D eigenvalue weighted by Gasteiger charge is 2.27. The van der Waals surface area contributed by atoms with E-state index in [-0.39, 0.29) is 11.8 Å². The molecule has 0 saturated carbocycles. The Kier molecular flexibility index (Phi) is 3.40. The lowest BCUT2D eigenvalue weighted by Gasteiger charge is -2.25. The van der Waals surface area contributed by atoms with Crippen molar-refractivity contribution in [1.29, 1.82) is 0 Å². The van der Waals surface area contributed by atoms with Crippen LogP contribution in [0.5, 0.6) is 0 Å². The van der Waals surface area contributed by atoms with Gasteiger partial charge in [0.2, 0.25) is 10.0 Å². The molecular formula is C12H18N2O2S. The highest BCUT2D eigenvalue weighted by Crippen LogP contribution is 2.23. The zero-order valence-corrected chi connectivity index (χ0v) is 11.0. The summed E-state index contributed by atoms with van der Waals surface area (Å²) in [6.45, 7) is 4.96. The first-order valence-corrected chi connectivity index (χ1v) is 7.41. The Morgan fingerprint density at radius 2 is 2.06 bits per heavy atom. The van der Waals surface area contributed by atoms with E-state index >= 15 is 0 Å². The van der Waals surface area contributed by atoms with Gasteiger partial charge < -0.3 is 5.32 Å². The first-order valence-electron chi connectivity index (χ1n) is 5.80. The van der Waals surface area contributed by atoms with Crippen LogP contribution in [0.1, 0.15) is 12.5 Å². The van der Waals surface area contributed by atoms with Crippen LogP contribution in [-0.4, -0.2) is 33.3 Å². The summed E-state index contributed by atoms with van der Waals surface area (Å²) < 4.78 is 25.9. The average molecular weight is 254 g/mol. The molecule has 94 valence electrons. The van der Waals surface area contributed by atoms with Crippen molar-refractivity contribution >= 4 is 15.7 Å². The highest BCUT2D eigenvalue weighted by molar-refractivity contribution is 7.92. The van der Waals surface area contributed by atoms with Crippen molar-refractivity contribution in [3.8, 4) is 0 Å². The van der Waals surface area contributed by atoms with Gasteiger partial charge in [-0.05, 0) is 25.5 Å². The lowest BCUT2D eigenvalue weighted by molar-refractivity contribution is 0.587. The third-order valence-corrected chi connectivity index (χ3v) is 4.75. The summed E-state index contributed by atoms with van der Waals surface area (Å²) in [6, 6.07) is 7.77. The predicted molar refractivity (Wildman–Crippen MR) is 69.8 cm³/mol. The fourth-order valence-electron chi connectivity index (χ4n) is 2.06. The molecule has 1 aromatic carbocycles. The molecule has 1 heterocycles. The van der Waals surface area contributed by atoms with E-state index in [0.29, 0.717) is 13.1 Å². The van der Waals surface area contributed by atoms with Gasteiger partial charge in [0.1, 0.15) is 0 Å². The van der Waals surface area contributed by atoms with Gasteiger partial charge in [0.05, 0.1) is 11.4 Å². The lowest BCUT2D eigenvalue weighted by atomic mass is 10.2. The highest BCUT2D eigenvalue weighted by atomic mass is 32.2. The van der Waals surface area contributed by atoms with Gasteiger partial charge in [-0.3, -0.25) is 4.31 Å². The van der Waals surface area contributed by atoms with Crippen LogP contribution in [0, 0.1) is 6.92 Å². The fraction of sp³-hybridized carbons (Fsp3) is 0.500. The molecule has 1 aromatic rings. The van der Waals surface area contributed by atoms with Gasteiger partial charge in [-0.2, -0.15) is 0 Å². The molecule has 1 N–H and O–H groups in total. The second-order valence-electron chi connectivity index (χ2n) is 4.49. The number of para-hydroxylation sites is 1. The van der Waals surface area contributed by atoms with E-state index in [1.165, 1.54) is 4.31 Å². The Labute approximate surface area is 103 Å². The normalized spacial score (nSPS) is 24.4. The SMILES string of the molecule is Cc1ccccc1N1CC(C)NCCS1(=O)=O. The third kappa shape index (κ3) is 2.61. The molecule has 0 aromatic heterocycles. The van der Waals surface area contributed by atoms with Gasteiger partial charge in [-0.1, -0.05) is 18.2 Å². The third-order valence-electron chi connectivity index (χ3n) is 3.01. The molecule has 0 aliphatic carbocycles. The van der Waals surface area contributed by atoms with E-state index in [4.69, 9.17) is 0 Å². The summed E-state index contributed by atoms with van der Waals surface area (Å²) >= 11 is 0. The van der Waals surface area contributed by atoms with Crippen LogP contribution >= 0.6 is 0 Å². The summed E-state index contributed by atoms with van der Waals surface area (Å²) in [5, 5.41) is 3.20. The summed E-state index contributed by atoms with van der Waals surface area (Å²) in [6.07, 6.45) is 0. The molecule has 1 atom stereocenters. The summed E-state index contributed by atoms with van der Waals surface area (Å²) in [7, 11) is -3.20. The number of benzene rings is 1. The molecular weight excluding hydrogens is 236 g/mol. The average Bonchev–Trinajstić information content (AvgIpc) is 2.38.